The van der Waals surface area contributed by atoms with Gasteiger partial charge in [-0.25, -0.2) is 14.3 Å². The first-order valence-electron chi connectivity index (χ1n) is 7.23. The van der Waals surface area contributed by atoms with Gasteiger partial charge in [-0.05, 0) is 36.4 Å². The second-order valence-electron chi connectivity index (χ2n) is 4.93. The minimum atomic E-state index is -4.04. The molecule has 0 atom stereocenters. The molecule has 0 aromatic heterocycles. The molecule has 0 heterocycles. The zero-order valence-corrected chi connectivity index (χ0v) is 14.6. The number of nitrogens with zero attached hydrogens (tertiary/aromatic N) is 1. The van der Waals surface area contributed by atoms with Crippen LogP contribution in [0, 0.1) is 0 Å². The van der Waals surface area contributed by atoms with E-state index in [1.807, 2.05) is 5.43 Å². The summed E-state index contributed by atoms with van der Waals surface area (Å²) in [6.45, 7) is -0.495. The molecule has 0 saturated carbocycles. The van der Waals surface area contributed by atoms with Crippen LogP contribution in [0.15, 0.2) is 53.4 Å². The van der Waals surface area contributed by atoms with Crippen LogP contribution < -0.4 is 25.0 Å². The third-order valence-electron chi connectivity index (χ3n) is 3.45. The molecule has 9 heteroatoms. The maximum atomic E-state index is 13.1. The van der Waals surface area contributed by atoms with Crippen molar-refractivity contribution in [3.63, 3.8) is 0 Å². The van der Waals surface area contributed by atoms with Crippen LogP contribution in [0.3, 0.4) is 0 Å². The van der Waals surface area contributed by atoms with Gasteiger partial charge in [-0.3, -0.25) is 14.5 Å². The molecule has 0 aliphatic carbocycles. The van der Waals surface area contributed by atoms with Gasteiger partial charge >= 0.3 is 0 Å². The zero-order chi connectivity index (χ0) is 18.4. The fourth-order valence-electron chi connectivity index (χ4n) is 2.19. The number of para-hydroxylation sites is 2. The first-order valence-corrected chi connectivity index (χ1v) is 8.67. The Morgan fingerprint density at radius 1 is 1.08 bits per heavy atom. The van der Waals surface area contributed by atoms with E-state index in [0.717, 1.165) is 4.31 Å². The van der Waals surface area contributed by atoms with Crippen molar-refractivity contribution in [2.75, 3.05) is 25.1 Å². The molecule has 2 rings (SSSR count). The number of amides is 1. The van der Waals surface area contributed by atoms with Crippen molar-refractivity contribution in [2.24, 2.45) is 5.84 Å². The highest BCUT2D eigenvalue weighted by atomic mass is 32.2. The molecule has 1 amide bonds. The summed E-state index contributed by atoms with van der Waals surface area (Å²) in [7, 11) is -1.14. The number of carbonyl (C=O) groups excluding carboxylic acids is 1. The Balaban J connectivity index is 2.55. The van der Waals surface area contributed by atoms with Crippen LogP contribution in [0.1, 0.15) is 0 Å². The number of rotatable bonds is 7. The van der Waals surface area contributed by atoms with E-state index < -0.39 is 22.5 Å². The van der Waals surface area contributed by atoms with Crippen molar-refractivity contribution in [1.29, 1.82) is 0 Å². The van der Waals surface area contributed by atoms with Crippen molar-refractivity contribution in [1.82, 2.24) is 5.43 Å². The Hall–Kier alpha value is -2.78. The molecule has 0 radical (unpaired) electrons. The van der Waals surface area contributed by atoms with Crippen LogP contribution in [0.2, 0.25) is 0 Å². The topological polar surface area (TPSA) is 111 Å². The molecular weight excluding hydrogens is 346 g/mol. The van der Waals surface area contributed by atoms with Crippen LogP contribution in [-0.2, 0) is 14.8 Å². The summed E-state index contributed by atoms with van der Waals surface area (Å²) in [4.78, 5) is 11.8. The van der Waals surface area contributed by atoms with Gasteiger partial charge in [0.1, 0.15) is 18.0 Å². The predicted octanol–water partition coefficient (Wildman–Crippen LogP) is 0.889. The first kappa shape index (κ1) is 18.6. The van der Waals surface area contributed by atoms with Crippen molar-refractivity contribution in [3.05, 3.63) is 48.5 Å². The minimum Gasteiger partial charge on any atom is -0.497 e. The lowest BCUT2D eigenvalue weighted by atomic mass is 10.3. The maximum Gasteiger partial charge on any atom is 0.264 e. The monoisotopic (exact) mass is 365 g/mol. The number of hydrogen-bond donors (Lipinski definition) is 2. The number of carbonyl (C=O) groups is 1. The predicted molar refractivity (Wildman–Crippen MR) is 92.8 cm³/mol. The van der Waals surface area contributed by atoms with Crippen LogP contribution in [0.4, 0.5) is 5.69 Å². The molecular formula is C16H19N3O5S. The van der Waals surface area contributed by atoms with Crippen molar-refractivity contribution in [3.8, 4) is 11.5 Å². The summed E-state index contributed by atoms with van der Waals surface area (Å²) in [5.41, 5.74) is 2.16. The molecule has 0 saturated heterocycles. The Bertz CT molecular complexity index is 837. The minimum absolute atomic E-state index is 0.00373. The zero-order valence-electron chi connectivity index (χ0n) is 13.8. The van der Waals surface area contributed by atoms with Gasteiger partial charge in [0.25, 0.3) is 15.9 Å². The van der Waals surface area contributed by atoms with Crippen LogP contribution >= 0.6 is 0 Å². The molecule has 0 bridgehead atoms. The Labute approximate surface area is 146 Å². The normalized spacial score (nSPS) is 10.8. The maximum absolute atomic E-state index is 13.1. The number of anilines is 1. The third-order valence-corrected chi connectivity index (χ3v) is 5.22. The largest absolute Gasteiger partial charge is 0.497 e. The van der Waals surface area contributed by atoms with E-state index in [0.29, 0.717) is 11.5 Å². The van der Waals surface area contributed by atoms with E-state index in [1.54, 1.807) is 24.3 Å². The fourth-order valence-corrected chi connectivity index (χ4v) is 3.62. The molecule has 0 aliphatic heterocycles. The van der Waals surface area contributed by atoms with Crippen molar-refractivity contribution in [2.45, 2.75) is 4.90 Å². The Morgan fingerprint density at radius 2 is 1.72 bits per heavy atom. The van der Waals surface area contributed by atoms with Gasteiger partial charge in [-0.15, -0.1) is 0 Å². The van der Waals surface area contributed by atoms with E-state index >= 15 is 0 Å². The van der Waals surface area contributed by atoms with Gasteiger partial charge < -0.3 is 9.47 Å². The van der Waals surface area contributed by atoms with Crippen LogP contribution in [0.25, 0.3) is 0 Å². The highest BCUT2D eigenvalue weighted by Crippen LogP contribution is 2.32. The lowest BCUT2D eigenvalue weighted by Gasteiger charge is -2.25. The number of hydrogen-bond acceptors (Lipinski definition) is 6. The van der Waals surface area contributed by atoms with Crippen molar-refractivity contribution < 1.29 is 22.7 Å². The van der Waals surface area contributed by atoms with Crippen LogP contribution in [0.5, 0.6) is 11.5 Å². The van der Waals surface area contributed by atoms with Gasteiger partial charge in [0.15, 0.2) is 0 Å². The summed E-state index contributed by atoms with van der Waals surface area (Å²) in [6.07, 6.45) is 0. The molecule has 0 fully saturated rings. The number of nitrogens with two attached hydrogens (primary N) is 1. The Kier molecular flexibility index (Phi) is 5.84. The Morgan fingerprint density at radius 3 is 2.28 bits per heavy atom. The smallest absolute Gasteiger partial charge is 0.264 e. The van der Waals surface area contributed by atoms with E-state index in [2.05, 4.69) is 0 Å². The summed E-state index contributed by atoms with van der Waals surface area (Å²) < 4.78 is 37.3. The fraction of sp³-hybridized carbons (Fsp3) is 0.188. The summed E-state index contributed by atoms with van der Waals surface area (Å²) in [6, 6.07) is 12.3. The van der Waals surface area contributed by atoms with Gasteiger partial charge in [0, 0.05) is 0 Å². The van der Waals surface area contributed by atoms with E-state index in [4.69, 9.17) is 15.3 Å². The average Bonchev–Trinajstić information content (AvgIpc) is 2.65. The number of ether oxygens (including phenoxy) is 2. The van der Waals surface area contributed by atoms with E-state index in [-0.39, 0.29) is 10.6 Å². The van der Waals surface area contributed by atoms with Gasteiger partial charge in [-0.1, -0.05) is 12.1 Å². The number of hydrazine groups is 1. The average molecular weight is 365 g/mol. The lowest BCUT2D eigenvalue weighted by molar-refractivity contribution is -0.119. The second-order valence-corrected chi connectivity index (χ2v) is 6.79. The molecule has 0 spiro atoms. The van der Waals surface area contributed by atoms with Gasteiger partial charge in [-0.2, -0.15) is 0 Å². The number of sulfonamides is 1. The lowest BCUT2D eigenvalue weighted by Crippen LogP contribution is -2.43. The molecule has 2 aromatic carbocycles. The third kappa shape index (κ3) is 4.01. The summed E-state index contributed by atoms with van der Waals surface area (Å²) >= 11 is 0. The highest BCUT2D eigenvalue weighted by Gasteiger charge is 2.29. The number of methoxy groups -OCH3 is 2. The summed E-state index contributed by atoms with van der Waals surface area (Å²) in [5.74, 6) is 5.28. The van der Waals surface area contributed by atoms with Crippen LogP contribution in [-0.4, -0.2) is 35.1 Å². The molecule has 0 aliphatic rings. The van der Waals surface area contributed by atoms with E-state index in [9.17, 15) is 13.2 Å². The van der Waals surface area contributed by atoms with Crippen molar-refractivity contribution >= 4 is 21.6 Å². The molecule has 3 N–H and O–H groups in total. The SMILES string of the molecule is COc1ccc(S(=O)(=O)N(CC(=O)NN)c2ccccc2OC)cc1. The molecule has 25 heavy (non-hydrogen) atoms. The molecule has 0 unspecified atom stereocenters. The number of nitrogens with one attached hydrogen (secondary N) is 1. The number of benzene rings is 2. The first-order chi connectivity index (χ1) is 11.9. The molecule has 8 nitrogen and oxygen atoms in total. The van der Waals surface area contributed by atoms with E-state index in [1.165, 1.54) is 38.5 Å². The standard InChI is InChI=1S/C16H19N3O5S/c1-23-12-7-9-13(10-8-12)25(21,22)19(11-16(20)18-17)14-5-3-4-6-15(14)24-2/h3-10H,11,17H2,1-2H3,(H,18,20). The quantitative estimate of drug-likeness (QED) is 0.428. The second kappa shape index (κ2) is 7.86. The molecule has 134 valence electrons. The van der Waals surface area contributed by atoms with Gasteiger partial charge in [0.2, 0.25) is 0 Å². The summed E-state index contributed by atoms with van der Waals surface area (Å²) in [5, 5.41) is 0. The highest BCUT2D eigenvalue weighted by molar-refractivity contribution is 7.92. The van der Waals surface area contributed by atoms with Gasteiger partial charge in [0.05, 0.1) is 24.8 Å². The molecule has 2 aromatic rings.